The van der Waals surface area contributed by atoms with Gasteiger partial charge in [-0.25, -0.2) is 0 Å². The number of hydrogen-bond donors (Lipinski definition) is 3. The van der Waals surface area contributed by atoms with Crippen LogP contribution in [0, 0.1) is 0 Å². The van der Waals surface area contributed by atoms with Crippen molar-refractivity contribution < 1.29 is 24.9 Å². The summed E-state index contributed by atoms with van der Waals surface area (Å²) in [6.45, 7) is 0. The fourth-order valence-corrected chi connectivity index (χ4v) is 1.40. The molecule has 0 unspecified atom stereocenters. The molecule has 0 aliphatic carbocycles. The van der Waals surface area contributed by atoms with Crippen LogP contribution in [0.4, 0.5) is 0 Å². The largest absolute Gasteiger partial charge is 0.504 e. The van der Waals surface area contributed by atoms with E-state index in [0.717, 1.165) is 0 Å². The van der Waals surface area contributed by atoms with Gasteiger partial charge in [-0.15, -0.1) is 0 Å². The van der Waals surface area contributed by atoms with Crippen molar-refractivity contribution in [2.45, 2.75) is 25.7 Å². The first-order valence-electron chi connectivity index (χ1n) is 5.27. The molecule has 0 bridgehead atoms. The van der Waals surface area contributed by atoms with Crippen LogP contribution in [0.3, 0.4) is 0 Å². The molecule has 0 aliphatic rings. The molecule has 1 aromatic rings. The van der Waals surface area contributed by atoms with Gasteiger partial charge in [-0.2, -0.15) is 0 Å². The normalized spacial score (nSPS) is 10.1. The lowest BCUT2D eigenvalue weighted by Gasteiger charge is -2.02. The lowest BCUT2D eigenvalue weighted by Crippen LogP contribution is -2.00. The number of rotatable bonds is 6. The van der Waals surface area contributed by atoms with E-state index < -0.39 is 5.97 Å². The Bertz CT molecular complexity index is 425. The van der Waals surface area contributed by atoms with E-state index in [1.807, 2.05) is 0 Å². The second-order valence-electron chi connectivity index (χ2n) is 3.73. The van der Waals surface area contributed by atoms with Gasteiger partial charge in [0, 0.05) is 18.4 Å². The fraction of sp³-hybridized carbons (Fsp3) is 0.333. The van der Waals surface area contributed by atoms with Crippen LogP contribution in [0.1, 0.15) is 36.0 Å². The molecule has 1 aromatic carbocycles. The minimum atomic E-state index is -0.875. The summed E-state index contributed by atoms with van der Waals surface area (Å²) in [5.41, 5.74) is 0.315. The van der Waals surface area contributed by atoms with Crippen molar-refractivity contribution in [1.82, 2.24) is 0 Å². The number of unbranched alkanes of at least 4 members (excludes halogenated alkanes) is 1. The third kappa shape index (κ3) is 4.14. The second-order valence-corrected chi connectivity index (χ2v) is 3.73. The molecule has 0 saturated heterocycles. The highest BCUT2D eigenvalue weighted by Crippen LogP contribution is 2.25. The zero-order valence-corrected chi connectivity index (χ0v) is 9.22. The van der Waals surface area contributed by atoms with Gasteiger partial charge in [0.25, 0.3) is 0 Å². The molecule has 5 nitrogen and oxygen atoms in total. The van der Waals surface area contributed by atoms with Crippen molar-refractivity contribution in [3.05, 3.63) is 23.8 Å². The number of benzene rings is 1. The van der Waals surface area contributed by atoms with Crippen LogP contribution in [0.15, 0.2) is 18.2 Å². The quantitative estimate of drug-likeness (QED) is 0.400. The molecule has 0 atom stereocenters. The molecular weight excluding hydrogens is 224 g/mol. The number of aromatic hydroxyl groups is 2. The maximum atomic E-state index is 11.6. The van der Waals surface area contributed by atoms with Gasteiger partial charge in [-0.1, -0.05) is 0 Å². The van der Waals surface area contributed by atoms with Crippen molar-refractivity contribution in [3.8, 4) is 11.5 Å². The molecule has 5 heteroatoms. The Morgan fingerprint density at radius 3 is 2.24 bits per heavy atom. The van der Waals surface area contributed by atoms with Gasteiger partial charge in [0.2, 0.25) is 0 Å². The zero-order chi connectivity index (χ0) is 12.8. The van der Waals surface area contributed by atoms with Gasteiger partial charge in [0.15, 0.2) is 17.3 Å². The van der Waals surface area contributed by atoms with E-state index in [4.69, 9.17) is 10.2 Å². The Balaban J connectivity index is 2.47. The van der Waals surface area contributed by atoms with Crippen molar-refractivity contribution >= 4 is 11.8 Å². The van der Waals surface area contributed by atoms with Crippen molar-refractivity contribution in [2.24, 2.45) is 0 Å². The molecular formula is C12H14O5. The Morgan fingerprint density at radius 2 is 1.65 bits per heavy atom. The molecule has 0 fully saturated rings. The van der Waals surface area contributed by atoms with Crippen LogP contribution in [-0.2, 0) is 4.79 Å². The smallest absolute Gasteiger partial charge is 0.303 e. The van der Waals surface area contributed by atoms with Crippen molar-refractivity contribution in [3.63, 3.8) is 0 Å². The molecule has 1 rings (SSSR count). The van der Waals surface area contributed by atoms with Crippen LogP contribution in [0.5, 0.6) is 11.5 Å². The molecule has 0 aliphatic heterocycles. The predicted molar refractivity (Wildman–Crippen MR) is 60.2 cm³/mol. The van der Waals surface area contributed by atoms with Crippen LogP contribution in [0.25, 0.3) is 0 Å². The molecule has 0 spiro atoms. The Labute approximate surface area is 98.3 Å². The maximum Gasteiger partial charge on any atom is 0.303 e. The first-order chi connectivity index (χ1) is 8.00. The topological polar surface area (TPSA) is 94.8 Å². The third-order valence-electron chi connectivity index (χ3n) is 2.34. The second kappa shape index (κ2) is 5.89. The first-order valence-corrected chi connectivity index (χ1v) is 5.27. The SMILES string of the molecule is O=C(O)CCCCC(=O)c1ccc(O)c(O)c1. The number of hydrogen-bond acceptors (Lipinski definition) is 4. The number of phenolic OH excluding ortho intramolecular Hbond substituents is 2. The summed E-state index contributed by atoms with van der Waals surface area (Å²) in [5, 5.41) is 26.7. The zero-order valence-electron chi connectivity index (χ0n) is 9.22. The average Bonchev–Trinajstić information content (AvgIpc) is 2.27. The molecule has 92 valence electrons. The summed E-state index contributed by atoms with van der Waals surface area (Å²) in [6.07, 6.45) is 1.23. The van der Waals surface area contributed by atoms with E-state index in [1.54, 1.807) is 0 Å². The standard InChI is InChI=1S/C12H14O5/c13-9(3-1-2-4-12(16)17)8-5-6-10(14)11(15)7-8/h5-7,14-15H,1-4H2,(H,16,17). The van der Waals surface area contributed by atoms with Crippen LogP contribution in [0.2, 0.25) is 0 Å². The minimum absolute atomic E-state index is 0.0497. The molecule has 0 radical (unpaired) electrons. The maximum absolute atomic E-state index is 11.6. The van der Waals surface area contributed by atoms with Crippen LogP contribution in [-0.4, -0.2) is 27.1 Å². The van der Waals surface area contributed by atoms with Crippen molar-refractivity contribution in [1.29, 1.82) is 0 Å². The minimum Gasteiger partial charge on any atom is -0.504 e. The summed E-state index contributed by atoms with van der Waals surface area (Å²) in [6, 6.07) is 3.88. The van der Waals surface area contributed by atoms with E-state index in [-0.39, 0.29) is 30.1 Å². The third-order valence-corrected chi connectivity index (χ3v) is 2.34. The molecule has 0 amide bonds. The van der Waals surface area contributed by atoms with Gasteiger partial charge < -0.3 is 15.3 Å². The summed E-state index contributed by atoms with van der Waals surface area (Å²) in [7, 11) is 0. The summed E-state index contributed by atoms with van der Waals surface area (Å²) < 4.78 is 0. The highest BCUT2D eigenvalue weighted by molar-refractivity contribution is 5.96. The van der Waals surface area contributed by atoms with E-state index in [0.29, 0.717) is 18.4 Å². The lowest BCUT2D eigenvalue weighted by atomic mass is 10.0. The number of phenols is 2. The summed E-state index contributed by atoms with van der Waals surface area (Å²) >= 11 is 0. The van der Waals surface area contributed by atoms with Gasteiger partial charge in [-0.05, 0) is 31.0 Å². The van der Waals surface area contributed by atoms with Gasteiger partial charge in [0.1, 0.15) is 0 Å². The Hall–Kier alpha value is -2.04. The number of carboxylic acid groups (broad SMARTS) is 1. The van der Waals surface area contributed by atoms with Gasteiger partial charge in [0.05, 0.1) is 0 Å². The van der Waals surface area contributed by atoms with E-state index in [9.17, 15) is 14.7 Å². The van der Waals surface area contributed by atoms with Gasteiger partial charge in [-0.3, -0.25) is 9.59 Å². The van der Waals surface area contributed by atoms with E-state index in [1.165, 1.54) is 18.2 Å². The summed E-state index contributed by atoms with van der Waals surface area (Å²) in [5.74, 6) is -1.65. The number of ketones is 1. The number of aliphatic carboxylic acids is 1. The Morgan fingerprint density at radius 1 is 1.00 bits per heavy atom. The number of carbonyl (C=O) groups is 2. The predicted octanol–water partition coefficient (Wildman–Crippen LogP) is 1.93. The van der Waals surface area contributed by atoms with Crippen LogP contribution < -0.4 is 0 Å². The van der Waals surface area contributed by atoms with Crippen LogP contribution >= 0.6 is 0 Å². The summed E-state index contributed by atoms with van der Waals surface area (Å²) in [4.78, 5) is 21.9. The number of carbonyl (C=O) groups excluding carboxylic acids is 1. The molecule has 0 saturated carbocycles. The first kappa shape index (κ1) is 13.0. The Kier molecular flexibility index (Phi) is 4.51. The van der Waals surface area contributed by atoms with E-state index in [2.05, 4.69) is 0 Å². The fourth-order valence-electron chi connectivity index (χ4n) is 1.40. The van der Waals surface area contributed by atoms with Crippen molar-refractivity contribution in [2.75, 3.05) is 0 Å². The number of Topliss-reactive ketones (excluding diaryl/α,β-unsaturated/α-hetero) is 1. The van der Waals surface area contributed by atoms with E-state index >= 15 is 0 Å². The molecule has 0 heterocycles. The number of carboxylic acids is 1. The highest BCUT2D eigenvalue weighted by Gasteiger charge is 2.09. The molecule has 17 heavy (non-hydrogen) atoms. The molecule has 3 N–H and O–H groups in total. The monoisotopic (exact) mass is 238 g/mol. The van der Waals surface area contributed by atoms with Gasteiger partial charge >= 0.3 is 5.97 Å². The molecule has 0 aromatic heterocycles. The average molecular weight is 238 g/mol. The lowest BCUT2D eigenvalue weighted by molar-refractivity contribution is -0.137. The highest BCUT2D eigenvalue weighted by atomic mass is 16.4.